The summed E-state index contributed by atoms with van der Waals surface area (Å²) in [6.45, 7) is 0. The highest BCUT2D eigenvalue weighted by molar-refractivity contribution is 6.06. The predicted molar refractivity (Wildman–Crippen MR) is 70.6 cm³/mol. The quantitative estimate of drug-likeness (QED) is 0.876. The lowest BCUT2D eigenvalue weighted by molar-refractivity contribution is 0.0998. The number of para-hydroxylation sites is 1. The number of carbonyl (C=O) groups excluding carboxylic acids is 1. The monoisotopic (exact) mass is 243 g/mol. The fraction of sp³-hybridized carbons (Fsp3) is 0.400. The number of nitrogens with two attached hydrogens (primary N) is 1. The van der Waals surface area contributed by atoms with Crippen molar-refractivity contribution in [1.82, 2.24) is 0 Å². The summed E-state index contributed by atoms with van der Waals surface area (Å²) in [5.74, 6) is 0.789. The van der Waals surface area contributed by atoms with Crippen molar-refractivity contribution in [1.29, 1.82) is 0 Å². The predicted octanol–water partition coefficient (Wildman–Crippen LogP) is 3.58. The number of hydrogen-bond donors (Lipinski definition) is 1. The van der Waals surface area contributed by atoms with Crippen molar-refractivity contribution >= 4 is 16.9 Å². The molecule has 0 atom stereocenters. The van der Waals surface area contributed by atoms with Crippen molar-refractivity contribution < 1.29 is 9.21 Å². The van der Waals surface area contributed by atoms with Crippen LogP contribution in [0.1, 0.15) is 54.1 Å². The Hall–Kier alpha value is -1.77. The molecule has 0 bridgehead atoms. The molecule has 0 radical (unpaired) electrons. The van der Waals surface area contributed by atoms with Crippen LogP contribution in [0.3, 0.4) is 0 Å². The minimum Gasteiger partial charge on any atom is -0.460 e. The standard InChI is InChI=1S/C15H17NO2/c16-15(17)13-11-8-4-5-9-12(11)18-14(13)10-6-2-1-3-7-10/h4-5,8-10H,1-3,6-7H2,(H2,16,17). The molecule has 18 heavy (non-hydrogen) atoms. The zero-order valence-electron chi connectivity index (χ0n) is 10.3. The van der Waals surface area contributed by atoms with Crippen molar-refractivity contribution in [3.05, 3.63) is 35.6 Å². The van der Waals surface area contributed by atoms with E-state index in [0.29, 0.717) is 11.5 Å². The Morgan fingerprint density at radius 3 is 2.61 bits per heavy atom. The lowest BCUT2D eigenvalue weighted by Gasteiger charge is -2.20. The third-order valence-corrected chi connectivity index (χ3v) is 3.85. The number of furan rings is 1. The second kappa shape index (κ2) is 4.48. The number of fused-ring (bicyclic) bond motifs is 1. The van der Waals surface area contributed by atoms with Gasteiger partial charge in [-0.3, -0.25) is 4.79 Å². The molecule has 1 heterocycles. The summed E-state index contributed by atoms with van der Waals surface area (Å²) in [6, 6.07) is 7.63. The van der Waals surface area contributed by atoms with Gasteiger partial charge < -0.3 is 10.2 Å². The van der Waals surface area contributed by atoms with E-state index in [1.165, 1.54) is 19.3 Å². The van der Waals surface area contributed by atoms with E-state index >= 15 is 0 Å². The third kappa shape index (κ3) is 1.80. The molecule has 1 aromatic heterocycles. The minimum atomic E-state index is -0.375. The molecule has 1 fully saturated rings. The molecule has 2 aromatic rings. The van der Waals surface area contributed by atoms with Crippen LogP contribution in [0.5, 0.6) is 0 Å². The van der Waals surface area contributed by atoms with Gasteiger partial charge in [-0.1, -0.05) is 37.5 Å². The molecule has 3 heteroatoms. The van der Waals surface area contributed by atoms with E-state index in [-0.39, 0.29) is 5.91 Å². The van der Waals surface area contributed by atoms with Crippen LogP contribution >= 0.6 is 0 Å². The van der Waals surface area contributed by atoms with Crippen LogP contribution < -0.4 is 5.73 Å². The molecule has 1 aliphatic carbocycles. The first kappa shape index (κ1) is 11.3. The summed E-state index contributed by atoms with van der Waals surface area (Å²) >= 11 is 0. The topological polar surface area (TPSA) is 56.2 Å². The summed E-state index contributed by atoms with van der Waals surface area (Å²) in [7, 11) is 0. The van der Waals surface area contributed by atoms with Crippen molar-refractivity contribution in [2.24, 2.45) is 5.73 Å². The van der Waals surface area contributed by atoms with Gasteiger partial charge in [0.2, 0.25) is 0 Å². The number of carbonyl (C=O) groups is 1. The number of hydrogen-bond acceptors (Lipinski definition) is 2. The van der Waals surface area contributed by atoms with Crippen LogP contribution in [-0.2, 0) is 0 Å². The van der Waals surface area contributed by atoms with Crippen LogP contribution in [0.15, 0.2) is 28.7 Å². The number of rotatable bonds is 2. The normalized spacial score (nSPS) is 17.1. The Bertz CT molecular complexity index is 579. The molecule has 1 aliphatic rings. The highest BCUT2D eigenvalue weighted by Gasteiger charge is 2.26. The molecule has 0 unspecified atom stereocenters. The first-order valence-corrected chi connectivity index (χ1v) is 6.58. The van der Waals surface area contributed by atoms with E-state index < -0.39 is 0 Å². The van der Waals surface area contributed by atoms with Crippen LogP contribution in [-0.4, -0.2) is 5.91 Å². The largest absolute Gasteiger partial charge is 0.460 e. The van der Waals surface area contributed by atoms with Gasteiger partial charge in [-0.25, -0.2) is 0 Å². The van der Waals surface area contributed by atoms with Gasteiger partial charge in [0, 0.05) is 11.3 Å². The summed E-state index contributed by atoms with van der Waals surface area (Å²) in [5.41, 5.74) is 6.90. The molecule has 2 N–H and O–H groups in total. The lowest BCUT2D eigenvalue weighted by atomic mass is 9.85. The average molecular weight is 243 g/mol. The van der Waals surface area contributed by atoms with Crippen molar-refractivity contribution in [2.75, 3.05) is 0 Å². The van der Waals surface area contributed by atoms with E-state index in [4.69, 9.17) is 10.2 Å². The summed E-state index contributed by atoms with van der Waals surface area (Å²) < 4.78 is 5.90. The van der Waals surface area contributed by atoms with Gasteiger partial charge in [-0.15, -0.1) is 0 Å². The second-order valence-corrected chi connectivity index (χ2v) is 5.04. The van der Waals surface area contributed by atoms with Gasteiger partial charge in [-0.2, -0.15) is 0 Å². The Labute approximate surface area is 106 Å². The molecule has 3 nitrogen and oxygen atoms in total. The van der Waals surface area contributed by atoms with Gasteiger partial charge in [0.15, 0.2) is 0 Å². The first-order valence-electron chi connectivity index (χ1n) is 6.58. The Morgan fingerprint density at radius 2 is 1.89 bits per heavy atom. The summed E-state index contributed by atoms with van der Waals surface area (Å²) in [5, 5.41) is 0.852. The summed E-state index contributed by atoms with van der Waals surface area (Å²) in [6.07, 6.45) is 5.89. The lowest BCUT2D eigenvalue weighted by Crippen LogP contribution is -2.15. The first-order chi connectivity index (χ1) is 8.77. The summed E-state index contributed by atoms with van der Waals surface area (Å²) in [4.78, 5) is 11.7. The fourth-order valence-electron chi connectivity index (χ4n) is 2.97. The van der Waals surface area contributed by atoms with Crippen LogP contribution in [0, 0.1) is 0 Å². The molecule has 0 saturated heterocycles. The highest BCUT2D eigenvalue weighted by Crippen LogP contribution is 2.38. The number of primary amides is 1. The van der Waals surface area contributed by atoms with Crippen molar-refractivity contribution in [3.8, 4) is 0 Å². The van der Waals surface area contributed by atoms with E-state index in [9.17, 15) is 4.79 Å². The van der Waals surface area contributed by atoms with Gasteiger partial charge in [0.1, 0.15) is 11.3 Å². The average Bonchev–Trinajstić information content (AvgIpc) is 2.79. The Balaban J connectivity index is 2.14. The maximum atomic E-state index is 11.7. The molecule has 0 aliphatic heterocycles. The molecule has 1 amide bonds. The van der Waals surface area contributed by atoms with Gasteiger partial charge in [-0.05, 0) is 18.9 Å². The minimum absolute atomic E-state index is 0.355. The smallest absolute Gasteiger partial charge is 0.252 e. The van der Waals surface area contributed by atoms with E-state index in [1.807, 2.05) is 24.3 Å². The molecule has 94 valence electrons. The molecular weight excluding hydrogens is 226 g/mol. The van der Waals surface area contributed by atoms with Crippen LogP contribution in [0.4, 0.5) is 0 Å². The number of amides is 1. The maximum Gasteiger partial charge on any atom is 0.252 e. The Morgan fingerprint density at radius 1 is 1.17 bits per heavy atom. The zero-order chi connectivity index (χ0) is 12.5. The van der Waals surface area contributed by atoms with Crippen molar-refractivity contribution in [2.45, 2.75) is 38.0 Å². The number of benzene rings is 1. The van der Waals surface area contributed by atoms with Gasteiger partial charge in [0.05, 0.1) is 5.56 Å². The SMILES string of the molecule is NC(=O)c1c(C2CCCCC2)oc2ccccc12. The van der Waals surface area contributed by atoms with E-state index in [1.54, 1.807) is 0 Å². The zero-order valence-corrected chi connectivity index (χ0v) is 10.3. The fourth-order valence-corrected chi connectivity index (χ4v) is 2.97. The molecule has 1 aromatic carbocycles. The third-order valence-electron chi connectivity index (χ3n) is 3.85. The Kier molecular flexibility index (Phi) is 2.82. The molecule has 0 spiro atoms. The van der Waals surface area contributed by atoms with Crippen LogP contribution in [0.25, 0.3) is 11.0 Å². The molecule has 1 saturated carbocycles. The maximum absolute atomic E-state index is 11.7. The highest BCUT2D eigenvalue weighted by atomic mass is 16.3. The second-order valence-electron chi connectivity index (χ2n) is 5.04. The van der Waals surface area contributed by atoms with Crippen LogP contribution in [0.2, 0.25) is 0 Å². The van der Waals surface area contributed by atoms with Gasteiger partial charge in [0.25, 0.3) is 5.91 Å². The van der Waals surface area contributed by atoms with E-state index in [0.717, 1.165) is 29.6 Å². The van der Waals surface area contributed by atoms with Crippen molar-refractivity contribution in [3.63, 3.8) is 0 Å². The van der Waals surface area contributed by atoms with Gasteiger partial charge >= 0.3 is 0 Å². The molecule has 3 rings (SSSR count). The molecular formula is C15H17NO2. The van der Waals surface area contributed by atoms with E-state index in [2.05, 4.69) is 0 Å².